The lowest BCUT2D eigenvalue weighted by atomic mass is 9.85. The largest absolute Gasteiger partial charge is 0.519 e. The van der Waals surface area contributed by atoms with E-state index >= 15 is 13.2 Å². The van der Waals surface area contributed by atoms with Crippen molar-refractivity contribution in [2.45, 2.75) is 88.6 Å². The molecule has 0 spiro atoms. The van der Waals surface area contributed by atoms with Crippen molar-refractivity contribution in [1.29, 1.82) is 0 Å². The highest BCUT2D eigenvalue weighted by molar-refractivity contribution is 6.05. The summed E-state index contributed by atoms with van der Waals surface area (Å²) in [6, 6.07) is 4.98. The van der Waals surface area contributed by atoms with Gasteiger partial charge < -0.3 is 23.6 Å². The third kappa shape index (κ3) is 5.79. The monoisotopic (exact) mass is 783 g/mol. The Bertz CT molecular complexity index is 2570. The number of halogens is 4. The Balaban J connectivity index is 1.16. The molecule has 5 atom stereocenters. The standard InChI is InChI=1S/C43H41F4N5O5/c1-3-28-31(45)11-9-23-14-27(53)15-30(34(23)28)35-37(46)29-6-4-7-32-24-8-10-26(50(17-24)20-33-22(2)56-42(54)57-33)19-52(32)40-36(29)39(38(35)47)48-41(49-40)55-21-43-12-5-13-51(43)18-25(44)16-43/h1,9,11,14-15,24-26,32,53H,4-8,10,12-13,16-21H2,2H3/t24-,25-,26?,32-,43+/m1/s1. The van der Waals surface area contributed by atoms with Gasteiger partial charge in [0.05, 0.1) is 28.6 Å². The number of aryl methyl sites for hydroxylation is 2. The second kappa shape index (κ2) is 13.5. The normalized spacial score (nSPS) is 26.0. The minimum atomic E-state index is -1.02. The summed E-state index contributed by atoms with van der Waals surface area (Å²) >= 11 is 0. The number of anilines is 1. The molecule has 2 bridgehead atoms. The second-order valence-corrected chi connectivity index (χ2v) is 16.5. The van der Waals surface area contributed by atoms with Gasteiger partial charge in [-0.25, -0.2) is 22.4 Å². The topological polar surface area (TPSA) is 108 Å². The van der Waals surface area contributed by atoms with E-state index in [0.29, 0.717) is 68.2 Å². The first-order chi connectivity index (χ1) is 27.5. The minimum Gasteiger partial charge on any atom is -0.508 e. The van der Waals surface area contributed by atoms with Gasteiger partial charge in [0.1, 0.15) is 47.3 Å². The number of alkyl halides is 1. The maximum Gasteiger partial charge on any atom is 0.519 e. The van der Waals surface area contributed by atoms with Gasteiger partial charge in [-0.2, -0.15) is 9.97 Å². The fourth-order valence-corrected chi connectivity index (χ4v) is 10.8. The molecule has 0 saturated carbocycles. The second-order valence-electron chi connectivity index (χ2n) is 16.5. The van der Waals surface area contributed by atoms with E-state index in [-0.39, 0.29) is 75.8 Å². The van der Waals surface area contributed by atoms with E-state index in [9.17, 15) is 14.3 Å². The number of aromatic hydroxyl groups is 1. The summed E-state index contributed by atoms with van der Waals surface area (Å²) in [5.74, 6) is 0.118. The van der Waals surface area contributed by atoms with Crippen LogP contribution in [0.25, 0.3) is 32.8 Å². The van der Waals surface area contributed by atoms with Gasteiger partial charge in [0, 0.05) is 54.7 Å². The number of rotatable bonds is 6. The van der Waals surface area contributed by atoms with Crippen molar-refractivity contribution >= 4 is 27.5 Å². The van der Waals surface area contributed by atoms with Crippen LogP contribution in [0.5, 0.6) is 11.8 Å². The van der Waals surface area contributed by atoms with E-state index in [2.05, 4.69) is 25.6 Å². The molecule has 5 fully saturated rings. The molecule has 2 aromatic heterocycles. The van der Waals surface area contributed by atoms with Gasteiger partial charge in [-0.1, -0.05) is 12.0 Å². The van der Waals surface area contributed by atoms with Gasteiger partial charge in [-0.3, -0.25) is 9.80 Å². The van der Waals surface area contributed by atoms with Gasteiger partial charge in [-0.05, 0) is 87.9 Å². The summed E-state index contributed by atoms with van der Waals surface area (Å²) in [6.07, 6.45) is 10.0. The Morgan fingerprint density at radius 2 is 1.91 bits per heavy atom. The van der Waals surface area contributed by atoms with E-state index in [1.54, 1.807) is 6.92 Å². The molecular formula is C43H41F4N5O5. The average molecular weight is 784 g/mol. The van der Waals surface area contributed by atoms with Crippen molar-refractivity contribution in [3.05, 3.63) is 75.0 Å². The lowest BCUT2D eigenvalue weighted by Crippen LogP contribution is -2.44. The molecule has 6 aliphatic heterocycles. The average Bonchev–Trinajstić information content (AvgIpc) is 3.74. The molecule has 3 aromatic carbocycles. The van der Waals surface area contributed by atoms with Crippen molar-refractivity contribution in [2.75, 3.05) is 37.7 Å². The molecule has 1 N–H and O–H groups in total. The summed E-state index contributed by atoms with van der Waals surface area (Å²) in [6.45, 7) is 4.44. The molecule has 0 radical (unpaired) electrons. The minimum absolute atomic E-state index is 0.0151. The van der Waals surface area contributed by atoms with E-state index < -0.39 is 40.5 Å². The molecule has 5 saturated heterocycles. The van der Waals surface area contributed by atoms with E-state index in [1.807, 2.05) is 0 Å². The molecular weight excluding hydrogens is 742 g/mol. The van der Waals surface area contributed by atoms with E-state index in [1.165, 1.54) is 18.2 Å². The van der Waals surface area contributed by atoms with Crippen LogP contribution in [0.3, 0.4) is 0 Å². The quantitative estimate of drug-likeness (QED) is 0.141. The van der Waals surface area contributed by atoms with Gasteiger partial charge in [-0.15, -0.1) is 6.42 Å². The van der Waals surface area contributed by atoms with Crippen molar-refractivity contribution in [3.8, 4) is 35.2 Å². The predicted molar refractivity (Wildman–Crippen MR) is 203 cm³/mol. The number of nitrogens with zero attached hydrogens (tertiary/aromatic N) is 5. The van der Waals surface area contributed by atoms with Crippen LogP contribution in [-0.4, -0.2) is 81.5 Å². The highest BCUT2D eigenvalue weighted by Gasteiger charge is 2.50. The molecule has 0 amide bonds. The molecule has 5 aromatic rings. The number of terminal acetylenes is 1. The molecule has 296 valence electrons. The van der Waals surface area contributed by atoms with Crippen molar-refractivity contribution in [2.24, 2.45) is 5.92 Å². The van der Waals surface area contributed by atoms with Crippen LogP contribution in [0.15, 0.2) is 37.9 Å². The summed E-state index contributed by atoms with van der Waals surface area (Å²) in [5, 5.41) is 11.4. The summed E-state index contributed by atoms with van der Waals surface area (Å²) in [5.41, 5.74) is -1.27. The highest BCUT2D eigenvalue weighted by Crippen LogP contribution is 2.48. The van der Waals surface area contributed by atoms with E-state index in [0.717, 1.165) is 38.3 Å². The first-order valence-corrected chi connectivity index (χ1v) is 19.8. The van der Waals surface area contributed by atoms with Gasteiger partial charge >= 0.3 is 11.8 Å². The third-order valence-electron chi connectivity index (χ3n) is 13.4. The zero-order valence-corrected chi connectivity index (χ0v) is 31.4. The van der Waals surface area contributed by atoms with Gasteiger partial charge in [0.15, 0.2) is 11.6 Å². The number of aromatic nitrogens is 2. The molecule has 8 heterocycles. The summed E-state index contributed by atoms with van der Waals surface area (Å²) in [7, 11) is 0. The van der Waals surface area contributed by atoms with Crippen LogP contribution < -0.4 is 15.5 Å². The van der Waals surface area contributed by atoms with Crippen LogP contribution in [0, 0.1) is 42.6 Å². The zero-order chi connectivity index (χ0) is 39.3. The number of hydrogen-bond donors (Lipinski definition) is 1. The number of hydrogen-bond acceptors (Lipinski definition) is 10. The lowest BCUT2D eigenvalue weighted by Gasteiger charge is -2.38. The Morgan fingerprint density at radius 3 is 2.72 bits per heavy atom. The smallest absolute Gasteiger partial charge is 0.508 e. The highest BCUT2D eigenvalue weighted by atomic mass is 19.1. The first kappa shape index (κ1) is 36.2. The molecule has 14 heteroatoms. The predicted octanol–water partition coefficient (Wildman–Crippen LogP) is 7.17. The number of phenolic OH excluding ortho intramolecular Hbond substituents is 1. The molecule has 6 aliphatic rings. The van der Waals surface area contributed by atoms with Crippen molar-refractivity contribution in [1.82, 2.24) is 19.8 Å². The number of fused-ring (bicyclic) bond motifs is 4. The Morgan fingerprint density at radius 1 is 1.05 bits per heavy atom. The Hall–Kier alpha value is -5.13. The van der Waals surface area contributed by atoms with Crippen LogP contribution in [0.1, 0.15) is 67.6 Å². The molecule has 1 unspecified atom stereocenters. The fourth-order valence-electron chi connectivity index (χ4n) is 10.8. The summed E-state index contributed by atoms with van der Waals surface area (Å²) < 4.78 is 82.0. The van der Waals surface area contributed by atoms with Crippen LogP contribution >= 0.6 is 0 Å². The Labute approximate surface area is 325 Å². The summed E-state index contributed by atoms with van der Waals surface area (Å²) in [4.78, 5) is 28.2. The fraction of sp³-hybridized carbons (Fsp3) is 0.465. The van der Waals surface area contributed by atoms with Crippen molar-refractivity contribution < 1.29 is 36.2 Å². The van der Waals surface area contributed by atoms with Crippen LogP contribution in [0.2, 0.25) is 0 Å². The SMILES string of the molecule is C#Cc1c(F)ccc2cc(O)cc(-c3c(F)c4c5c(nc(OC[C@@]67CCCN6C[C@H](F)C7)nc5c3F)N3CC5CC[C@H](CN5Cc5oc(=O)oc5C)[C@H]3CCC4)c12. The maximum absolute atomic E-state index is 17.6. The molecule has 11 rings (SSSR count). The van der Waals surface area contributed by atoms with Crippen LogP contribution in [0.4, 0.5) is 23.4 Å². The van der Waals surface area contributed by atoms with E-state index in [4.69, 9.17) is 25.0 Å². The number of ether oxygens (including phenoxy) is 1. The lowest BCUT2D eigenvalue weighted by molar-refractivity contribution is 0.107. The maximum atomic E-state index is 17.6. The molecule has 57 heavy (non-hydrogen) atoms. The molecule has 10 nitrogen and oxygen atoms in total. The van der Waals surface area contributed by atoms with Crippen molar-refractivity contribution in [3.63, 3.8) is 0 Å². The van der Waals surface area contributed by atoms with Crippen LogP contribution in [-0.2, 0) is 13.0 Å². The number of phenols is 1. The third-order valence-corrected chi connectivity index (χ3v) is 13.4. The molecule has 0 aliphatic carbocycles. The number of benzene rings is 3. The number of piperidine rings is 1. The zero-order valence-electron chi connectivity index (χ0n) is 31.4. The van der Waals surface area contributed by atoms with Gasteiger partial charge in [0.25, 0.3) is 0 Å². The Kier molecular flexibility index (Phi) is 8.57. The first-order valence-electron chi connectivity index (χ1n) is 19.8. The van der Waals surface area contributed by atoms with Gasteiger partial charge in [0.2, 0.25) is 0 Å².